The summed E-state index contributed by atoms with van der Waals surface area (Å²) in [5.41, 5.74) is 2.79. The van der Waals surface area contributed by atoms with Gasteiger partial charge >= 0.3 is 0 Å². The van der Waals surface area contributed by atoms with E-state index in [0.29, 0.717) is 6.42 Å². The second-order valence-electron chi connectivity index (χ2n) is 5.95. The maximum absolute atomic E-state index is 12.3. The van der Waals surface area contributed by atoms with E-state index in [0.717, 1.165) is 28.9 Å². The van der Waals surface area contributed by atoms with E-state index in [2.05, 4.69) is 13.8 Å². The van der Waals surface area contributed by atoms with Gasteiger partial charge in [0, 0.05) is 18.4 Å². The summed E-state index contributed by atoms with van der Waals surface area (Å²) in [6.45, 7) is 4.14. The van der Waals surface area contributed by atoms with Crippen LogP contribution in [0.15, 0.2) is 48.5 Å². The van der Waals surface area contributed by atoms with Crippen molar-refractivity contribution in [2.24, 2.45) is 0 Å². The van der Waals surface area contributed by atoms with E-state index in [1.807, 2.05) is 48.5 Å². The molecule has 0 bridgehead atoms. The van der Waals surface area contributed by atoms with Crippen LogP contribution in [0, 0.1) is 0 Å². The third kappa shape index (κ3) is 2.60. The maximum atomic E-state index is 12.3. The highest BCUT2D eigenvalue weighted by molar-refractivity contribution is 5.97. The van der Waals surface area contributed by atoms with Gasteiger partial charge in [-0.05, 0) is 43.2 Å². The fourth-order valence-electron chi connectivity index (χ4n) is 2.67. The fraction of sp³-hybridized carbons (Fsp3) is 0.278. The molecule has 0 aromatic heterocycles. The minimum Gasteiger partial charge on any atom is -0.487 e. The van der Waals surface area contributed by atoms with Crippen molar-refractivity contribution in [2.45, 2.75) is 32.3 Å². The lowest BCUT2D eigenvalue weighted by molar-refractivity contribution is 0.0993. The first-order valence-electron chi connectivity index (χ1n) is 6.93. The van der Waals surface area contributed by atoms with Crippen LogP contribution in [0.25, 0.3) is 0 Å². The molecule has 1 heterocycles. The van der Waals surface area contributed by atoms with Crippen molar-refractivity contribution in [1.82, 2.24) is 0 Å². The molecule has 0 N–H and O–H groups in total. The Morgan fingerprint density at radius 1 is 1.15 bits per heavy atom. The van der Waals surface area contributed by atoms with Crippen molar-refractivity contribution in [1.29, 1.82) is 0 Å². The van der Waals surface area contributed by atoms with Crippen LogP contribution in [0.4, 0.5) is 0 Å². The predicted molar refractivity (Wildman–Crippen MR) is 79.3 cm³/mol. The van der Waals surface area contributed by atoms with Crippen LogP contribution >= 0.6 is 0 Å². The highest BCUT2D eigenvalue weighted by atomic mass is 16.5. The van der Waals surface area contributed by atoms with E-state index in [-0.39, 0.29) is 11.4 Å². The van der Waals surface area contributed by atoms with Crippen LogP contribution in [-0.2, 0) is 12.8 Å². The molecule has 102 valence electrons. The Kier molecular flexibility index (Phi) is 3.09. The predicted octanol–water partition coefficient (Wildman–Crippen LogP) is 3.83. The molecular formula is C18H18O2. The first-order chi connectivity index (χ1) is 9.53. The number of ketones is 1. The van der Waals surface area contributed by atoms with Crippen LogP contribution in [0.3, 0.4) is 0 Å². The summed E-state index contributed by atoms with van der Waals surface area (Å²) in [5.74, 6) is 1.06. The standard InChI is InChI=1S/C18H18O2/c1-18(2)12-15-11-14(8-9-17(15)20-18)16(19)10-13-6-4-3-5-7-13/h3-9,11H,10,12H2,1-2H3. The minimum absolute atomic E-state index is 0.156. The molecule has 0 atom stereocenters. The lowest BCUT2D eigenvalue weighted by atomic mass is 9.97. The van der Waals surface area contributed by atoms with Gasteiger partial charge in [0.15, 0.2) is 5.78 Å². The second kappa shape index (κ2) is 4.78. The lowest BCUT2D eigenvalue weighted by Crippen LogP contribution is -2.24. The summed E-state index contributed by atoms with van der Waals surface area (Å²) < 4.78 is 5.84. The molecule has 0 unspecified atom stereocenters. The number of rotatable bonds is 3. The summed E-state index contributed by atoms with van der Waals surface area (Å²) in [6.07, 6.45) is 1.30. The maximum Gasteiger partial charge on any atom is 0.167 e. The van der Waals surface area contributed by atoms with E-state index in [1.165, 1.54) is 0 Å². The molecular weight excluding hydrogens is 248 g/mol. The average molecular weight is 266 g/mol. The third-order valence-electron chi connectivity index (χ3n) is 3.59. The highest BCUT2D eigenvalue weighted by Gasteiger charge is 2.30. The Morgan fingerprint density at radius 3 is 2.65 bits per heavy atom. The number of carbonyl (C=O) groups is 1. The van der Waals surface area contributed by atoms with Crippen molar-refractivity contribution in [3.63, 3.8) is 0 Å². The van der Waals surface area contributed by atoms with Crippen molar-refractivity contribution in [3.05, 3.63) is 65.2 Å². The van der Waals surface area contributed by atoms with E-state index in [9.17, 15) is 4.79 Å². The molecule has 2 nitrogen and oxygen atoms in total. The summed E-state index contributed by atoms with van der Waals surface area (Å²) in [5, 5.41) is 0. The number of benzene rings is 2. The van der Waals surface area contributed by atoms with Crippen LogP contribution < -0.4 is 4.74 Å². The van der Waals surface area contributed by atoms with E-state index in [4.69, 9.17) is 4.74 Å². The molecule has 0 radical (unpaired) electrons. The molecule has 1 aliphatic heterocycles. The Bertz CT molecular complexity index is 642. The van der Waals surface area contributed by atoms with Gasteiger partial charge in [-0.3, -0.25) is 4.79 Å². The SMILES string of the molecule is CC1(C)Cc2cc(C(=O)Cc3ccccc3)ccc2O1. The quantitative estimate of drug-likeness (QED) is 0.789. The van der Waals surface area contributed by atoms with Gasteiger partial charge in [-0.25, -0.2) is 0 Å². The summed E-state index contributed by atoms with van der Waals surface area (Å²) >= 11 is 0. The zero-order valence-corrected chi connectivity index (χ0v) is 11.8. The summed E-state index contributed by atoms with van der Waals surface area (Å²) in [6, 6.07) is 15.6. The van der Waals surface area contributed by atoms with Gasteiger partial charge in [-0.15, -0.1) is 0 Å². The summed E-state index contributed by atoms with van der Waals surface area (Å²) in [4.78, 5) is 12.3. The molecule has 20 heavy (non-hydrogen) atoms. The molecule has 2 aromatic rings. The Morgan fingerprint density at radius 2 is 1.90 bits per heavy atom. The van der Waals surface area contributed by atoms with Gasteiger partial charge in [0.25, 0.3) is 0 Å². The van der Waals surface area contributed by atoms with Gasteiger partial charge in [-0.2, -0.15) is 0 Å². The topological polar surface area (TPSA) is 26.3 Å². The second-order valence-corrected chi connectivity index (χ2v) is 5.95. The van der Waals surface area contributed by atoms with Gasteiger partial charge in [-0.1, -0.05) is 30.3 Å². The van der Waals surface area contributed by atoms with Gasteiger partial charge in [0.2, 0.25) is 0 Å². The average Bonchev–Trinajstić information content (AvgIpc) is 2.72. The number of hydrogen-bond acceptors (Lipinski definition) is 2. The molecule has 0 saturated heterocycles. The Balaban J connectivity index is 1.81. The monoisotopic (exact) mass is 266 g/mol. The van der Waals surface area contributed by atoms with Crippen LogP contribution in [-0.4, -0.2) is 11.4 Å². The molecule has 2 heteroatoms. The number of hydrogen-bond donors (Lipinski definition) is 0. The zero-order valence-electron chi connectivity index (χ0n) is 11.8. The number of ether oxygens (including phenoxy) is 1. The van der Waals surface area contributed by atoms with Crippen molar-refractivity contribution in [3.8, 4) is 5.75 Å². The van der Waals surface area contributed by atoms with Crippen LogP contribution in [0.2, 0.25) is 0 Å². The number of fused-ring (bicyclic) bond motifs is 1. The molecule has 0 amide bonds. The van der Waals surface area contributed by atoms with Crippen LogP contribution in [0.1, 0.15) is 35.3 Å². The van der Waals surface area contributed by atoms with E-state index in [1.54, 1.807) is 0 Å². The normalized spacial score (nSPS) is 15.5. The zero-order chi connectivity index (χ0) is 14.2. The van der Waals surface area contributed by atoms with Gasteiger partial charge in [0.05, 0.1) is 0 Å². The van der Waals surface area contributed by atoms with Gasteiger partial charge in [0.1, 0.15) is 11.4 Å². The van der Waals surface area contributed by atoms with E-state index >= 15 is 0 Å². The first-order valence-corrected chi connectivity index (χ1v) is 6.93. The summed E-state index contributed by atoms with van der Waals surface area (Å²) in [7, 11) is 0. The minimum atomic E-state index is -0.163. The molecule has 0 spiro atoms. The van der Waals surface area contributed by atoms with Crippen molar-refractivity contribution >= 4 is 5.78 Å². The molecule has 0 saturated carbocycles. The lowest BCUT2D eigenvalue weighted by Gasteiger charge is -2.16. The third-order valence-corrected chi connectivity index (χ3v) is 3.59. The molecule has 1 aliphatic rings. The van der Waals surface area contributed by atoms with Crippen molar-refractivity contribution in [2.75, 3.05) is 0 Å². The molecule has 3 rings (SSSR count). The molecule has 2 aromatic carbocycles. The van der Waals surface area contributed by atoms with Gasteiger partial charge < -0.3 is 4.74 Å². The molecule has 0 aliphatic carbocycles. The van der Waals surface area contributed by atoms with E-state index < -0.39 is 0 Å². The smallest absolute Gasteiger partial charge is 0.167 e. The first kappa shape index (κ1) is 12.9. The number of carbonyl (C=O) groups excluding carboxylic acids is 1. The van der Waals surface area contributed by atoms with Crippen LogP contribution in [0.5, 0.6) is 5.75 Å². The largest absolute Gasteiger partial charge is 0.487 e. The fourth-order valence-corrected chi connectivity index (χ4v) is 2.67. The highest BCUT2D eigenvalue weighted by Crippen LogP contribution is 2.35. The van der Waals surface area contributed by atoms with Crippen molar-refractivity contribution < 1.29 is 9.53 Å². The number of Topliss-reactive ketones (excluding diaryl/α,β-unsaturated/α-hetero) is 1. The molecule has 0 fully saturated rings. The Hall–Kier alpha value is -2.09. The Labute approximate surface area is 119 Å².